The molecule has 0 fully saturated rings. The summed E-state index contributed by atoms with van der Waals surface area (Å²) in [5, 5.41) is 27.9. The molecule has 2 rings (SSSR count). The summed E-state index contributed by atoms with van der Waals surface area (Å²) < 4.78 is 1.83. The summed E-state index contributed by atoms with van der Waals surface area (Å²) >= 11 is 0. The van der Waals surface area contributed by atoms with E-state index >= 15 is 0 Å². The minimum absolute atomic E-state index is 0.0164. The largest absolute Gasteiger partial charge is 0.377 e. The van der Waals surface area contributed by atoms with Crippen LogP contribution in [-0.2, 0) is 7.05 Å². The van der Waals surface area contributed by atoms with Crippen molar-refractivity contribution in [3.05, 3.63) is 50.8 Å². The molecule has 0 amide bonds. The van der Waals surface area contributed by atoms with E-state index in [0.717, 1.165) is 23.4 Å². The van der Waals surface area contributed by atoms with Crippen molar-refractivity contribution in [2.24, 2.45) is 7.05 Å². The Morgan fingerprint density at radius 3 is 2.65 bits per heavy atom. The molecule has 0 radical (unpaired) electrons. The SMILES string of the molecule is CCC(Nc1ccc([N+](=O)[O-])cc1C#N)c1c(C)nn(C)c1C. The number of anilines is 1. The lowest BCUT2D eigenvalue weighted by molar-refractivity contribution is -0.384. The highest BCUT2D eigenvalue weighted by atomic mass is 16.6. The topological polar surface area (TPSA) is 96.8 Å². The molecule has 0 saturated heterocycles. The van der Waals surface area contributed by atoms with Crippen LogP contribution in [0.1, 0.15) is 41.9 Å². The first-order valence-electron chi connectivity index (χ1n) is 7.34. The number of rotatable bonds is 5. The molecule has 0 spiro atoms. The molecule has 120 valence electrons. The van der Waals surface area contributed by atoms with Crippen molar-refractivity contribution in [2.75, 3.05) is 5.32 Å². The zero-order valence-electron chi connectivity index (χ0n) is 13.6. The Balaban J connectivity index is 2.40. The van der Waals surface area contributed by atoms with Crippen molar-refractivity contribution in [1.82, 2.24) is 9.78 Å². The first-order valence-corrected chi connectivity index (χ1v) is 7.34. The number of nitrogens with zero attached hydrogens (tertiary/aromatic N) is 4. The van der Waals surface area contributed by atoms with Gasteiger partial charge in [0, 0.05) is 30.4 Å². The van der Waals surface area contributed by atoms with Gasteiger partial charge in [-0.15, -0.1) is 0 Å². The maximum Gasteiger partial charge on any atom is 0.270 e. The molecule has 0 aliphatic heterocycles. The number of nitriles is 1. The Hall–Kier alpha value is -2.88. The van der Waals surface area contributed by atoms with E-state index in [1.807, 2.05) is 38.6 Å². The van der Waals surface area contributed by atoms with Gasteiger partial charge in [0.2, 0.25) is 0 Å². The van der Waals surface area contributed by atoms with Gasteiger partial charge in [-0.25, -0.2) is 0 Å². The average molecular weight is 313 g/mol. The molecule has 1 unspecified atom stereocenters. The summed E-state index contributed by atoms with van der Waals surface area (Å²) in [6.07, 6.45) is 0.801. The van der Waals surface area contributed by atoms with Crippen LogP contribution in [0.25, 0.3) is 0 Å². The van der Waals surface area contributed by atoms with Crippen molar-refractivity contribution in [3.63, 3.8) is 0 Å². The van der Waals surface area contributed by atoms with Crippen LogP contribution in [0, 0.1) is 35.3 Å². The van der Waals surface area contributed by atoms with E-state index in [1.54, 1.807) is 6.07 Å². The number of nitro benzene ring substituents is 1. The molecule has 1 N–H and O–H groups in total. The molecular weight excluding hydrogens is 294 g/mol. The van der Waals surface area contributed by atoms with Gasteiger partial charge in [0.1, 0.15) is 6.07 Å². The first-order chi connectivity index (χ1) is 10.9. The van der Waals surface area contributed by atoms with Crippen molar-refractivity contribution in [3.8, 4) is 6.07 Å². The fourth-order valence-corrected chi connectivity index (χ4v) is 2.72. The zero-order valence-corrected chi connectivity index (χ0v) is 13.6. The smallest absolute Gasteiger partial charge is 0.270 e. The Morgan fingerprint density at radius 2 is 2.17 bits per heavy atom. The number of benzene rings is 1. The highest BCUT2D eigenvalue weighted by Crippen LogP contribution is 2.30. The standard InChI is InChI=1S/C16H19N5O2/c1-5-14(16-10(2)19-20(4)11(16)3)18-15-7-6-13(21(22)23)8-12(15)9-17/h6-8,14,18H,5H2,1-4H3. The van der Waals surface area contributed by atoms with Gasteiger partial charge in [-0.3, -0.25) is 14.8 Å². The summed E-state index contributed by atoms with van der Waals surface area (Å²) in [6, 6.07) is 6.28. The van der Waals surface area contributed by atoms with Crippen LogP contribution >= 0.6 is 0 Å². The summed E-state index contributed by atoms with van der Waals surface area (Å²) in [4.78, 5) is 10.3. The van der Waals surface area contributed by atoms with Crippen LogP contribution in [0.15, 0.2) is 18.2 Å². The number of nitrogens with one attached hydrogen (secondary N) is 1. The van der Waals surface area contributed by atoms with E-state index in [0.29, 0.717) is 5.69 Å². The fraction of sp³-hybridized carbons (Fsp3) is 0.375. The number of hydrogen-bond donors (Lipinski definition) is 1. The van der Waals surface area contributed by atoms with Crippen LogP contribution in [0.5, 0.6) is 0 Å². The van der Waals surface area contributed by atoms with E-state index in [4.69, 9.17) is 0 Å². The molecular formula is C16H19N5O2. The van der Waals surface area contributed by atoms with Crippen molar-refractivity contribution in [2.45, 2.75) is 33.2 Å². The van der Waals surface area contributed by atoms with Gasteiger partial charge in [0.25, 0.3) is 5.69 Å². The minimum Gasteiger partial charge on any atom is -0.377 e. The van der Waals surface area contributed by atoms with Gasteiger partial charge in [-0.05, 0) is 26.3 Å². The van der Waals surface area contributed by atoms with E-state index in [-0.39, 0.29) is 17.3 Å². The zero-order chi connectivity index (χ0) is 17.1. The van der Waals surface area contributed by atoms with Gasteiger partial charge in [-0.1, -0.05) is 6.92 Å². The molecule has 1 atom stereocenters. The highest BCUT2D eigenvalue weighted by molar-refractivity contribution is 5.62. The van der Waals surface area contributed by atoms with Crippen LogP contribution < -0.4 is 5.32 Å². The third-order valence-electron chi connectivity index (χ3n) is 3.99. The fourth-order valence-electron chi connectivity index (χ4n) is 2.72. The van der Waals surface area contributed by atoms with Crippen molar-refractivity contribution >= 4 is 11.4 Å². The van der Waals surface area contributed by atoms with E-state index in [9.17, 15) is 15.4 Å². The maximum absolute atomic E-state index is 10.8. The molecule has 23 heavy (non-hydrogen) atoms. The summed E-state index contributed by atoms with van der Waals surface area (Å²) in [6.45, 7) is 6.00. The van der Waals surface area contributed by atoms with Crippen LogP contribution in [0.2, 0.25) is 0 Å². The molecule has 0 aliphatic rings. The second-order valence-corrected chi connectivity index (χ2v) is 5.41. The molecule has 2 aromatic rings. The third-order valence-corrected chi connectivity index (χ3v) is 3.99. The Labute approximate surface area is 134 Å². The Morgan fingerprint density at radius 1 is 1.48 bits per heavy atom. The molecule has 1 aromatic carbocycles. The summed E-state index contributed by atoms with van der Waals surface area (Å²) in [7, 11) is 1.89. The van der Waals surface area contributed by atoms with Gasteiger partial charge in [0.05, 0.1) is 27.9 Å². The molecule has 0 bridgehead atoms. The molecule has 0 saturated carbocycles. The molecule has 1 aromatic heterocycles. The summed E-state index contributed by atoms with van der Waals surface area (Å²) in [5.74, 6) is 0. The Bertz CT molecular complexity index is 788. The lowest BCUT2D eigenvalue weighted by atomic mass is 10.0. The number of non-ortho nitro benzene ring substituents is 1. The number of aryl methyl sites for hydroxylation is 2. The van der Waals surface area contributed by atoms with Gasteiger partial charge in [-0.2, -0.15) is 10.4 Å². The number of aromatic nitrogens is 2. The number of nitro groups is 1. The highest BCUT2D eigenvalue weighted by Gasteiger charge is 2.20. The maximum atomic E-state index is 10.8. The first kappa shape index (κ1) is 16.5. The van der Waals surface area contributed by atoms with E-state index < -0.39 is 4.92 Å². The third kappa shape index (κ3) is 3.16. The molecule has 0 aliphatic carbocycles. The lowest BCUT2D eigenvalue weighted by Gasteiger charge is -2.20. The van der Waals surface area contributed by atoms with Crippen LogP contribution in [-0.4, -0.2) is 14.7 Å². The predicted octanol–water partition coefficient (Wildman–Crippen LogP) is 3.38. The molecule has 1 heterocycles. The lowest BCUT2D eigenvalue weighted by Crippen LogP contribution is -2.13. The van der Waals surface area contributed by atoms with Crippen molar-refractivity contribution < 1.29 is 4.92 Å². The number of hydrogen-bond acceptors (Lipinski definition) is 5. The van der Waals surface area contributed by atoms with E-state index in [2.05, 4.69) is 10.4 Å². The molecule has 7 nitrogen and oxygen atoms in total. The van der Waals surface area contributed by atoms with Crippen LogP contribution in [0.4, 0.5) is 11.4 Å². The monoisotopic (exact) mass is 313 g/mol. The van der Waals surface area contributed by atoms with Crippen LogP contribution in [0.3, 0.4) is 0 Å². The van der Waals surface area contributed by atoms with Gasteiger partial charge in [0.15, 0.2) is 0 Å². The molecule has 7 heteroatoms. The normalized spacial score (nSPS) is 11.8. The van der Waals surface area contributed by atoms with Crippen molar-refractivity contribution in [1.29, 1.82) is 5.26 Å². The predicted molar refractivity (Wildman–Crippen MR) is 87.1 cm³/mol. The second kappa shape index (κ2) is 6.48. The second-order valence-electron chi connectivity index (χ2n) is 5.41. The van der Waals surface area contributed by atoms with Gasteiger partial charge >= 0.3 is 0 Å². The summed E-state index contributed by atoms with van der Waals surface area (Å²) in [5.41, 5.74) is 3.85. The van der Waals surface area contributed by atoms with Gasteiger partial charge < -0.3 is 5.32 Å². The van der Waals surface area contributed by atoms with E-state index in [1.165, 1.54) is 12.1 Å². The minimum atomic E-state index is -0.503. The quantitative estimate of drug-likeness (QED) is 0.674. The average Bonchev–Trinajstić information content (AvgIpc) is 2.78. The Kier molecular flexibility index (Phi) is 4.65.